The Morgan fingerprint density at radius 3 is 2.71 bits per heavy atom. The largest absolute Gasteiger partial charge is 0.467 e. The number of methoxy groups -OCH3 is 1. The van der Waals surface area contributed by atoms with E-state index in [4.69, 9.17) is 10.7 Å². The van der Waals surface area contributed by atoms with Gasteiger partial charge in [-0.2, -0.15) is 10.2 Å². The van der Waals surface area contributed by atoms with Gasteiger partial charge in [0.25, 0.3) is 0 Å². The molecule has 0 amide bonds. The van der Waals surface area contributed by atoms with E-state index in [1.807, 2.05) is 49.6 Å². The van der Waals surface area contributed by atoms with Crippen LogP contribution in [-0.4, -0.2) is 50.8 Å². The molecule has 10 nitrogen and oxygen atoms in total. The quantitative estimate of drug-likeness (QED) is 0.363. The van der Waals surface area contributed by atoms with Crippen LogP contribution in [0, 0.1) is 0 Å². The molecule has 0 saturated carbocycles. The normalized spacial score (nSPS) is 19.4. The standard InChI is InChI=1S/C16H13ClN6S.C6H6N2O2/c1-18-10-4-2-3-9(7-10)15-22-23-16-20-13-6-5-12-11(8-19-21-12)14(13)24(15,16)17;1-10-6-7-2-5(4-9)3-8-6/h2-8,18H,1H3,(H,19,21)(H,20,23);2-4H,1H3. The summed E-state index contributed by atoms with van der Waals surface area (Å²) in [6.45, 7) is 0. The number of hydrogen-bond donors (Lipinski definition) is 3. The van der Waals surface area contributed by atoms with Crippen LogP contribution in [0.1, 0.15) is 15.9 Å². The molecule has 34 heavy (non-hydrogen) atoms. The molecule has 2 aromatic heterocycles. The van der Waals surface area contributed by atoms with Gasteiger partial charge in [0.15, 0.2) is 11.5 Å². The minimum atomic E-state index is -2.01. The molecule has 1 unspecified atom stereocenters. The second kappa shape index (κ2) is 8.76. The number of nitrogens with zero attached hydrogens (tertiary/aromatic N) is 5. The van der Waals surface area contributed by atoms with Crippen molar-refractivity contribution in [1.82, 2.24) is 25.6 Å². The molecule has 2 aliphatic heterocycles. The number of hydrogen-bond acceptors (Lipinski definition) is 9. The maximum atomic E-state index is 10.1. The summed E-state index contributed by atoms with van der Waals surface area (Å²) < 4.78 is 4.68. The zero-order chi connectivity index (χ0) is 23.7. The molecule has 2 aliphatic rings. The van der Waals surface area contributed by atoms with E-state index in [2.05, 4.69) is 45.7 Å². The predicted octanol–water partition coefficient (Wildman–Crippen LogP) is 4.19. The smallest absolute Gasteiger partial charge is 0.316 e. The first kappa shape index (κ1) is 21.9. The highest BCUT2D eigenvalue weighted by atomic mass is 35.7. The average molecular weight is 495 g/mol. The zero-order valence-electron chi connectivity index (χ0n) is 18.1. The topological polar surface area (TPSA) is 130 Å². The molecule has 0 spiro atoms. The van der Waals surface area contributed by atoms with Gasteiger partial charge in [-0.1, -0.05) is 12.1 Å². The van der Waals surface area contributed by atoms with Crippen LogP contribution >= 0.6 is 19.9 Å². The van der Waals surface area contributed by atoms with Crippen LogP contribution in [0.3, 0.4) is 0 Å². The summed E-state index contributed by atoms with van der Waals surface area (Å²) in [7, 11) is 8.58. The lowest BCUT2D eigenvalue weighted by Gasteiger charge is -2.26. The molecular formula is C22H19ClN8O2S. The molecule has 4 aromatic rings. The molecule has 0 aliphatic carbocycles. The number of fused-ring (bicyclic) bond motifs is 5. The Kier molecular flexibility index (Phi) is 5.64. The summed E-state index contributed by atoms with van der Waals surface area (Å²) in [5.41, 5.74) is 7.32. The number of anilines is 1. The van der Waals surface area contributed by atoms with E-state index in [0.717, 1.165) is 42.9 Å². The van der Waals surface area contributed by atoms with Gasteiger partial charge in [-0.3, -0.25) is 15.3 Å². The SMILES string of the molecule is CNc1cccc(C2=NNC3=Nc4ccc5[nH]ncc5c4S32Cl)c1.COc1ncc(C=O)cn1. The van der Waals surface area contributed by atoms with Gasteiger partial charge in [0.1, 0.15) is 5.04 Å². The summed E-state index contributed by atoms with van der Waals surface area (Å²) >= 11 is 0. The monoisotopic (exact) mass is 494 g/mol. The van der Waals surface area contributed by atoms with Crippen LogP contribution in [0.4, 0.5) is 11.4 Å². The van der Waals surface area contributed by atoms with Crippen molar-refractivity contribution < 1.29 is 9.53 Å². The number of H-pyrrole nitrogens is 1. The highest BCUT2D eigenvalue weighted by Gasteiger charge is 2.47. The fourth-order valence-electron chi connectivity index (χ4n) is 3.60. The van der Waals surface area contributed by atoms with E-state index in [0.29, 0.717) is 11.8 Å². The lowest BCUT2D eigenvalue weighted by atomic mass is 10.2. The van der Waals surface area contributed by atoms with Gasteiger partial charge in [-0.25, -0.2) is 15.0 Å². The van der Waals surface area contributed by atoms with E-state index in [-0.39, 0.29) is 6.01 Å². The molecule has 6 rings (SSSR count). The van der Waals surface area contributed by atoms with Gasteiger partial charge in [0, 0.05) is 36.1 Å². The number of aliphatic imine (C=N–C) groups is 1. The van der Waals surface area contributed by atoms with Crippen molar-refractivity contribution in [2.75, 3.05) is 19.5 Å². The molecule has 172 valence electrons. The third-order valence-electron chi connectivity index (χ3n) is 5.21. The van der Waals surface area contributed by atoms with Gasteiger partial charge in [-0.05, 0) is 44.2 Å². The number of ether oxygens (including phenoxy) is 1. The van der Waals surface area contributed by atoms with Crippen LogP contribution in [-0.2, 0) is 0 Å². The molecule has 3 N–H and O–H groups in total. The van der Waals surface area contributed by atoms with Crippen molar-refractivity contribution >= 4 is 58.7 Å². The van der Waals surface area contributed by atoms with Crippen LogP contribution in [0.25, 0.3) is 10.9 Å². The molecule has 2 aromatic carbocycles. The minimum Gasteiger partial charge on any atom is -0.467 e. The van der Waals surface area contributed by atoms with Crippen molar-refractivity contribution in [3.05, 3.63) is 66.1 Å². The maximum Gasteiger partial charge on any atom is 0.316 e. The van der Waals surface area contributed by atoms with Crippen LogP contribution in [0.2, 0.25) is 0 Å². The number of aldehydes is 1. The summed E-state index contributed by atoms with van der Waals surface area (Å²) in [6, 6.07) is 12.3. The highest BCUT2D eigenvalue weighted by Crippen LogP contribution is 2.72. The van der Waals surface area contributed by atoms with Crippen molar-refractivity contribution in [2.45, 2.75) is 4.90 Å². The number of aromatic nitrogens is 4. The predicted molar refractivity (Wildman–Crippen MR) is 135 cm³/mol. The summed E-state index contributed by atoms with van der Waals surface area (Å²) in [6.07, 6.45) is 5.29. The van der Waals surface area contributed by atoms with E-state index in [1.54, 1.807) is 0 Å². The Bertz CT molecular complexity index is 1450. The van der Waals surface area contributed by atoms with Crippen LogP contribution < -0.4 is 15.5 Å². The van der Waals surface area contributed by atoms with Crippen molar-refractivity contribution in [2.24, 2.45) is 10.1 Å². The minimum absolute atomic E-state index is 0.269. The first-order valence-electron chi connectivity index (χ1n) is 10.1. The number of aromatic amines is 1. The van der Waals surface area contributed by atoms with E-state index < -0.39 is 9.24 Å². The Balaban J connectivity index is 0.000000204. The molecule has 12 heteroatoms. The Morgan fingerprint density at radius 1 is 1.15 bits per heavy atom. The van der Waals surface area contributed by atoms with Gasteiger partial charge in [0.2, 0.25) is 0 Å². The molecule has 0 radical (unpaired) electrons. The van der Waals surface area contributed by atoms with E-state index in [9.17, 15) is 4.79 Å². The average Bonchev–Trinajstić information content (AvgIpc) is 3.56. The summed E-state index contributed by atoms with van der Waals surface area (Å²) in [4.78, 5) is 23.2. The Hall–Kier alpha value is -3.96. The lowest BCUT2D eigenvalue weighted by molar-refractivity contribution is 0.112. The Morgan fingerprint density at radius 2 is 1.97 bits per heavy atom. The fourth-order valence-corrected chi connectivity index (χ4v) is 7.12. The number of amidine groups is 1. The first-order chi connectivity index (χ1) is 16.6. The lowest BCUT2D eigenvalue weighted by Crippen LogP contribution is -2.14. The molecule has 1 atom stereocenters. The molecule has 4 heterocycles. The number of carbonyl (C=O) groups is 1. The Labute approximate surface area is 200 Å². The molecule has 0 fully saturated rings. The number of nitrogens with one attached hydrogen (secondary N) is 3. The van der Waals surface area contributed by atoms with Crippen molar-refractivity contribution in [1.29, 1.82) is 0 Å². The third kappa shape index (κ3) is 3.55. The van der Waals surface area contributed by atoms with Gasteiger partial charge in [-0.15, -0.1) is 0 Å². The second-order valence-corrected chi connectivity index (χ2v) is 10.8. The molecule has 0 saturated heterocycles. The number of halogens is 1. The van der Waals surface area contributed by atoms with Crippen molar-refractivity contribution in [3.63, 3.8) is 0 Å². The van der Waals surface area contributed by atoms with E-state index >= 15 is 0 Å². The number of hydrazone groups is 1. The van der Waals surface area contributed by atoms with Gasteiger partial charge >= 0.3 is 6.01 Å². The van der Waals surface area contributed by atoms with Gasteiger partial charge in [0.05, 0.1) is 35.0 Å². The molecule has 0 bridgehead atoms. The first-order valence-corrected chi connectivity index (χ1v) is 12.6. The van der Waals surface area contributed by atoms with E-state index in [1.165, 1.54) is 19.5 Å². The number of benzene rings is 2. The summed E-state index contributed by atoms with van der Waals surface area (Å²) in [5, 5.41) is 17.4. The number of carbonyl (C=O) groups excluding carboxylic acids is 1. The van der Waals surface area contributed by atoms with Crippen molar-refractivity contribution in [3.8, 4) is 6.01 Å². The van der Waals surface area contributed by atoms with Crippen LogP contribution in [0.15, 0.2) is 70.0 Å². The second-order valence-electron chi connectivity index (χ2n) is 7.18. The third-order valence-corrected chi connectivity index (χ3v) is 9.11. The van der Waals surface area contributed by atoms with Gasteiger partial charge < -0.3 is 10.1 Å². The number of rotatable bonds is 4. The summed E-state index contributed by atoms with van der Waals surface area (Å²) in [5.74, 6) is 0. The van der Waals surface area contributed by atoms with Crippen LogP contribution in [0.5, 0.6) is 6.01 Å². The molecular weight excluding hydrogens is 476 g/mol. The maximum absolute atomic E-state index is 10.1. The fraction of sp³-hybridized carbons (Fsp3) is 0.0909. The zero-order valence-corrected chi connectivity index (χ0v) is 19.7. The highest BCUT2D eigenvalue weighted by molar-refractivity contribution is 8.71.